The highest BCUT2D eigenvalue weighted by Crippen LogP contribution is 2.27. The van der Waals surface area contributed by atoms with Crippen molar-refractivity contribution >= 4 is 5.97 Å². The lowest BCUT2D eigenvalue weighted by atomic mass is 9.92. The fourth-order valence-electron chi connectivity index (χ4n) is 3.26. The van der Waals surface area contributed by atoms with E-state index in [1.165, 1.54) is 11.1 Å². The quantitative estimate of drug-likeness (QED) is 0.738. The van der Waals surface area contributed by atoms with Crippen LogP contribution in [0.1, 0.15) is 52.4 Å². The third-order valence-corrected chi connectivity index (χ3v) is 4.65. The van der Waals surface area contributed by atoms with Gasteiger partial charge in [-0.25, -0.2) is 9.18 Å². The summed E-state index contributed by atoms with van der Waals surface area (Å²) < 4.78 is 20.2. The molecule has 1 atom stereocenters. The van der Waals surface area contributed by atoms with Crippen molar-refractivity contribution in [3.8, 4) is 0 Å². The number of cyclic esters (lactones) is 1. The van der Waals surface area contributed by atoms with Crippen LogP contribution in [0.4, 0.5) is 4.39 Å². The Morgan fingerprint density at radius 2 is 1.88 bits per heavy atom. The number of rotatable bonds is 5. The van der Waals surface area contributed by atoms with Gasteiger partial charge in [-0.2, -0.15) is 0 Å². The second-order valence-corrected chi connectivity index (χ2v) is 6.58. The molecule has 3 rings (SSSR count). The van der Waals surface area contributed by atoms with Crippen LogP contribution in [0.15, 0.2) is 36.4 Å². The van der Waals surface area contributed by atoms with E-state index in [2.05, 4.69) is 31.2 Å². The molecular weight excluding hydrogens is 303 g/mol. The maximum Gasteiger partial charge on any atom is 0.341 e. The van der Waals surface area contributed by atoms with Crippen molar-refractivity contribution in [1.29, 1.82) is 0 Å². The van der Waals surface area contributed by atoms with Gasteiger partial charge in [0.1, 0.15) is 11.9 Å². The fraction of sp³-hybridized carbons (Fsp3) is 0.381. The summed E-state index contributed by atoms with van der Waals surface area (Å²) in [7, 11) is 0. The molecule has 0 spiro atoms. The third-order valence-electron chi connectivity index (χ3n) is 4.65. The Labute approximate surface area is 142 Å². The van der Waals surface area contributed by atoms with Gasteiger partial charge in [0.2, 0.25) is 0 Å². The van der Waals surface area contributed by atoms with Gasteiger partial charge in [-0.15, -0.1) is 0 Å². The summed E-state index contributed by atoms with van der Waals surface area (Å²) in [6, 6.07) is 12.0. The number of esters is 1. The zero-order chi connectivity index (χ0) is 17.1. The zero-order valence-electron chi connectivity index (χ0n) is 14.3. The fourth-order valence-corrected chi connectivity index (χ4v) is 3.26. The number of hydrogen-bond donors (Lipinski definition) is 0. The predicted molar refractivity (Wildman–Crippen MR) is 92.8 cm³/mol. The molecule has 0 aromatic heterocycles. The van der Waals surface area contributed by atoms with Crippen molar-refractivity contribution in [3.05, 3.63) is 70.0 Å². The van der Waals surface area contributed by atoms with E-state index in [0.29, 0.717) is 18.4 Å². The molecule has 0 amide bonds. The van der Waals surface area contributed by atoms with E-state index in [1.54, 1.807) is 0 Å². The lowest BCUT2D eigenvalue weighted by molar-refractivity contribution is 0.0229. The topological polar surface area (TPSA) is 26.3 Å². The van der Waals surface area contributed by atoms with E-state index < -0.39 is 11.8 Å². The highest BCUT2D eigenvalue weighted by molar-refractivity contribution is 5.92. The van der Waals surface area contributed by atoms with Crippen LogP contribution in [0.2, 0.25) is 0 Å². The van der Waals surface area contributed by atoms with Crippen LogP contribution in [-0.2, 0) is 24.0 Å². The Kier molecular flexibility index (Phi) is 4.98. The second-order valence-electron chi connectivity index (χ2n) is 6.58. The number of ether oxygens (including phenoxy) is 1. The Balaban J connectivity index is 1.78. The first-order valence-corrected chi connectivity index (χ1v) is 8.65. The molecule has 2 aromatic carbocycles. The zero-order valence-corrected chi connectivity index (χ0v) is 14.3. The Hall–Kier alpha value is -2.16. The van der Waals surface area contributed by atoms with Gasteiger partial charge in [-0.3, -0.25) is 0 Å². The highest BCUT2D eigenvalue weighted by atomic mass is 19.1. The monoisotopic (exact) mass is 326 g/mol. The second kappa shape index (κ2) is 7.16. The van der Waals surface area contributed by atoms with Crippen LogP contribution in [0.25, 0.3) is 0 Å². The van der Waals surface area contributed by atoms with Crippen LogP contribution >= 0.6 is 0 Å². The molecule has 1 unspecified atom stereocenters. The Morgan fingerprint density at radius 3 is 2.58 bits per heavy atom. The van der Waals surface area contributed by atoms with Crippen LogP contribution in [0, 0.1) is 12.7 Å². The minimum atomic E-state index is -0.510. The lowest BCUT2D eigenvalue weighted by Crippen LogP contribution is -2.29. The average molecular weight is 326 g/mol. The summed E-state index contributed by atoms with van der Waals surface area (Å²) in [6.45, 7) is 4.10. The number of carbonyl (C=O) groups excluding carboxylic acids is 1. The van der Waals surface area contributed by atoms with Gasteiger partial charge in [0, 0.05) is 6.42 Å². The number of aryl methyl sites for hydroxylation is 3. The molecule has 126 valence electrons. The molecule has 1 aliphatic heterocycles. The first-order chi connectivity index (χ1) is 11.6. The lowest BCUT2D eigenvalue weighted by Gasteiger charge is -2.25. The van der Waals surface area contributed by atoms with Gasteiger partial charge in [0.05, 0.1) is 5.56 Å². The van der Waals surface area contributed by atoms with Gasteiger partial charge in [-0.05, 0) is 42.9 Å². The molecule has 0 N–H and O–H groups in total. The third kappa shape index (κ3) is 3.50. The molecule has 0 saturated heterocycles. The summed E-state index contributed by atoms with van der Waals surface area (Å²) >= 11 is 0. The summed E-state index contributed by atoms with van der Waals surface area (Å²) in [4.78, 5) is 12.2. The van der Waals surface area contributed by atoms with Crippen LogP contribution in [0.3, 0.4) is 0 Å². The van der Waals surface area contributed by atoms with Crippen molar-refractivity contribution in [3.63, 3.8) is 0 Å². The first-order valence-electron chi connectivity index (χ1n) is 8.65. The smallest absolute Gasteiger partial charge is 0.341 e. The van der Waals surface area contributed by atoms with E-state index in [-0.39, 0.29) is 11.7 Å². The SMILES string of the molecule is CCCC1Cc2ccc(CCc3ccc(C)cc3)c(F)c2C(=O)O1. The van der Waals surface area contributed by atoms with Gasteiger partial charge in [0.25, 0.3) is 0 Å². The summed E-state index contributed by atoms with van der Waals surface area (Å²) in [5.41, 5.74) is 3.89. The minimum Gasteiger partial charge on any atom is -0.458 e. The number of carbonyl (C=O) groups is 1. The molecule has 0 fully saturated rings. The Morgan fingerprint density at radius 1 is 1.12 bits per heavy atom. The van der Waals surface area contributed by atoms with Gasteiger partial charge >= 0.3 is 5.97 Å². The molecule has 0 saturated carbocycles. The van der Waals surface area contributed by atoms with Crippen LogP contribution < -0.4 is 0 Å². The van der Waals surface area contributed by atoms with Crippen molar-refractivity contribution in [2.24, 2.45) is 0 Å². The van der Waals surface area contributed by atoms with Crippen LogP contribution in [-0.4, -0.2) is 12.1 Å². The summed E-state index contributed by atoms with van der Waals surface area (Å²) in [5, 5.41) is 0. The van der Waals surface area contributed by atoms with Crippen molar-refractivity contribution in [1.82, 2.24) is 0 Å². The molecule has 1 aliphatic rings. The molecule has 0 bridgehead atoms. The van der Waals surface area contributed by atoms with Gasteiger partial charge in [-0.1, -0.05) is 55.3 Å². The predicted octanol–water partition coefficient (Wildman–Crippen LogP) is 4.80. The molecule has 0 aliphatic carbocycles. The highest BCUT2D eigenvalue weighted by Gasteiger charge is 2.29. The van der Waals surface area contributed by atoms with E-state index in [9.17, 15) is 9.18 Å². The summed E-state index contributed by atoms with van der Waals surface area (Å²) in [5.74, 6) is -0.913. The molecule has 2 aromatic rings. The standard InChI is InChI=1S/C21H23FO2/c1-3-4-18-13-17-12-11-16(20(22)19(17)21(23)24-18)10-9-15-7-5-14(2)6-8-15/h5-8,11-12,18H,3-4,9-10,13H2,1-2H3. The number of hydrogen-bond acceptors (Lipinski definition) is 2. The van der Waals surface area contributed by atoms with E-state index in [0.717, 1.165) is 24.8 Å². The van der Waals surface area contributed by atoms with Crippen molar-refractivity contribution < 1.29 is 13.9 Å². The van der Waals surface area contributed by atoms with Crippen molar-refractivity contribution in [2.45, 2.75) is 52.1 Å². The summed E-state index contributed by atoms with van der Waals surface area (Å²) in [6.07, 6.45) is 3.60. The van der Waals surface area contributed by atoms with E-state index >= 15 is 0 Å². The van der Waals surface area contributed by atoms with Crippen molar-refractivity contribution in [2.75, 3.05) is 0 Å². The van der Waals surface area contributed by atoms with E-state index in [4.69, 9.17) is 4.74 Å². The van der Waals surface area contributed by atoms with Gasteiger partial charge < -0.3 is 4.74 Å². The maximum atomic E-state index is 14.8. The number of fused-ring (bicyclic) bond motifs is 1. The van der Waals surface area contributed by atoms with Crippen LogP contribution in [0.5, 0.6) is 0 Å². The molecule has 0 radical (unpaired) electrons. The van der Waals surface area contributed by atoms with Gasteiger partial charge in [0.15, 0.2) is 0 Å². The number of halogens is 1. The number of benzene rings is 2. The largest absolute Gasteiger partial charge is 0.458 e. The Bertz CT molecular complexity index is 734. The maximum absolute atomic E-state index is 14.8. The average Bonchev–Trinajstić information content (AvgIpc) is 2.56. The molecule has 24 heavy (non-hydrogen) atoms. The molecule has 1 heterocycles. The first kappa shape index (κ1) is 16.7. The minimum absolute atomic E-state index is 0.118. The normalized spacial score (nSPS) is 16.6. The van der Waals surface area contributed by atoms with E-state index in [1.807, 2.05) is 19.1 Å². The molecule has 2 nitrogen and oxygen atoms in total. The molecular formula is C21H23FO2. The molecule has 3 heteroatoms.